The number of amides is 2. The van der Waals surface area contributed by atoms with Crippen LogP contribution < -0.4 is 10.2 Å². The van der Waals surface area contributed by atoms with E-state index in [2.05, 4.69) is 30.3 Å². The van der Waals surface area contributed by atoms with Crippen molar-refractivity contribution >= 4 is 28.3 Å². The molecule has 0 aliphatic carbocycles. The number of fused-ring (bicyclic) bond motifs is 1. The van der Waals surface area contributed by atoms with Gasteiger partial charge < -0.3 is 15.1 Å². The number of carbonyl (C=O) groups excluding carboxylic acids is 1. The zero-order valence-electron chi connectivity index (χ0n) is 14.4. The zero-order chi connectivity index (χ0) is 17.9. The average Bonchev–Trinajstić information content (AvgIpc) is 3.16. The molecule has 3 aromatic heterocycles. The summed E-state index contributed by atoms with van der Waals surface area (Å²) in [6, 6.07) is 1.56. The van der Waals surface area contributed by atoms with Gasteiger partial charge in [-0.05, 0) is 19.4 Å². The average molecular weight is 372 g/mol. The van der Waals surface area contributed by atoms with Gasteiger partial charge in [0.2, 0.25) is 10.9 Å². The summed E-state index contributed by atoms with van der Waals surface area (Å²) >= 11 is 1.47. The molecule has 1 atom stereocenters. The van der Waals surface area contributed by atoms with E-state index in [9.17, 15) is 4.79 Å². The van der Waals surface area contributed by atoms with E-state index < -0.39 is 0 Å². The van der Waals surface area contributed by atoms with E-state index in [1.54, 1.807) is 28.5 Å². The first-order valence-corrected chi connectivity index (χ1v) is 9.45. The Morgan fingerprint density at radius 3 is 2.88 bits per heavy atom. The lowest BCUT2D eigenvalue weighted by Gasteiger charge is -2.23. The van der Waals surface area contributed by atoms with Gasteiger partial charge in [-0.3, -0.25) is 0 Å². The molecule has 9 nitrogen and oxygen atoms in total. The number of urea groups is 1. The van der Waals surface area contributed by atoms with Crippen LogP contribution in [-0.4, -0.2) is 61.7 Å². The molecular formula is C16H20N8OS. The number of aromatic nitrogens is 5. The number of rotatable bonds is 3. The maximum Gasteiger partial charge on any atom is 0.317 e. The summed E-state index contributed by atoms with van der Waals surface area (Å²) in [6.45, 7) is 4.84. The van der Waals surface area contributed by atoms with Gasteiger partial charge in [-0.15, -0.1) is 0 Å². The standard InChI is InChI=1S/C16H20N8OS/c1-12(13-10-24-16(21-13)26-11-19-24)20-15(25)23-7-3-6-22(8-9-23)14-17-4-2-5-18-14/h2,4-5,10-12H,3,6-9H2,1H3,(H,20,25). The molecule has 0 aromatic carbocycles. The van der Waals surface area contributed by atoms with Crippen LogP contribution in [0, 0.1) is 0 Å². The van der Waals surface area contributed by atoms with E-state index in [-0.39, 0.29) is 12.1 Å². The van der Waals surface area contributed by atoms with E-state index in [0.29, 0.717) is 19.0 Å². The first-order valence-electron chi connectivity index (χ1n) is 8.57. The lowest BCUT2D eigenvalue weighted by Crippen LogP contribution is -2.43. The third-order valence-electron chi connectivity index (χ3n) is 4.41. The van der Waals surface area contributed by atoms with Gasteiger partial charge in [0.25, 0.3) is 0 Å². The Hall–Kier alpha value is -2.75. The highest BCUT2D eigenvalue weighted by Gasteiger charge is 2.22. The molecule has 3 aromatic rings. The topological polar surface area (TPSA) is 91.6 Å². The third-order valence-corrected chi connectivity index (χ3v) is 5.10. The summed E-state index contributed by atoms with van der Waals surface area (Å²) in [5.41, 5.74) is 2.56. The van der Waals surface area contributed by atoms with Gasteiger partial charge >= 0.3 is 6.03 Å². The molecule has 1 saturated heterocycles. The van der Waals surface area contributed by atoms with Crippen LogP contribution in [0.3, 0.4) is 0 Å². The third kappa shape index (κ3) is 3.45. The lowest BCUT2D eigenvalue weighted by atomic mass is 10.2. The summed E-state index contributed by atoms with van der Waals surface area (Å²) in [6.07, 6.45) is 6.21. The predicted octanol–water partition coefficient (Wildman–Crippen LogP) is 1.56. The number of hydrogen-bond donors (Lipinski definition) is 1. The zero-order valence-corrected chi connectivity index (χ0v) is 15.3. The number of carbonyl (C=O) groups is 1. The van der Waals surface area contributed by atoms with Crippen LogP contribution in [0.4, 0.5) is 10.7 Å². The Morgan fingerprint density at radius 2 is 2.08 bits per heavy atom. The fourth-order valence-electron chi connectivity index (χ4n) is 2.99. The first kappa shape index (κ1) is 16.7. The van der Waals surface area contributed by atoms with Crippen LogP contribution in [0.5, 0.6) is 0 Å². The van der Waals surface area contributed by atoms with E-state index in [1.165, 1.54) is 11.3 Å². The molecular weight excluding hydrogens is 352 g/mol. The van der Waals surface area contributed by atoms with Crippen molar-refractivity contribution in [1.82, 2.24) is 34.8 Å². The molecule has 136 valence electrons. The molecule has 2 amide bonds. The molecule has 1 N–H and O–H groups in total. The first-order chi connectivity index (χ1) is 12.7. The second-order valence-electron chi connectivity index (χ2n) is 6.18. The molecule has 1 unspecified atom stereocenters. The number of nitrogens with one attached hydrogen (secondary N) is 1. The minimum absolute atomic E-state index is 0.0716. The Labute approximate surface area is 154 Å². The van der Waals surface area contributed by atoms with Crippen LogP contribution in [0.2, 0.25) is 0 Å². The second kappa shape index (κ2) is 7.24. The molecule has 1 aliphatic heterocycles. The fourth-order valence-corrected chi connectivity index (χ4v) is 3.60. The quantitative estimate of drug-likeness (QED) is 0.750. The summed E-state index contributed by atoms with van der Waals surface area (Å²) < 4.78 is 1.73. The lowest BCUT2D eigenvalue weighted by molar-refractivity contribution is 0.198. The maximum absolute atomic E-state index is 12.6. The van der Waals surface area contributed by atoms with Crippen LogP contribution in [0.15, 0.2) is 30.2 Å². The molecule has 0 saturated carbocycles. The van der Waals surface area contributed by atoms with E-state index in [4.69, 9.17) is 0 Å². The molecule has 26 heavy (non-hydrogen) atoms. The predicted molar refractivity (Wildman–Crippen MR) is 98.2 cm³/mol. The largest absolute Gasteiger partial charge is 0.339 e. The molecule has 1 fully saturated rings. The molecule has 0 radical (unpaired) electrons. The van der Waals surface area contributed by atoms with Crippen LogP contribution in [0.1, 0.15) is 25.1 Å². The van der Waals surface area contributed by atoms with Crippen LogP contribution in [-0.2, 0) is 0 Å². The van der Waals surface area contributed by atoms with E-state index in [1.807, 2.05) is 18.0 Å². The summed E-state index contributed by atoms with van der Waals surface area (Å²) in [7, 11) is 0. The van der Waals surface area contributed by atoms with Crippen molar-refractivity contribution < 1.29 is 4.79 Å². The summed E-state index contributed by atoms with van der Waals surface area (Å²) in [5, 5.41) is 7.21. The number of anilines is 1. The van der Waals surface area contributed by atoms with Gasteiger partial charge in [-0.25, -0.2) is 24.3 Å². The fraction of sp³-hybridized carbons (Fsp3) is 0.438. The van der Waals surface area contributed by atoms with Crippen molar-refractivity contribution in [3.05, 3.63) is 35.9 Å². The molecule has 10 heteroatoms. The molecule has 1 aliphatic rings. The monoisotopic (exact) mass is 372 g/mol. The van der Waals surface area contributed by atoms with Crippen molar-refractivity contribution in [2.45, 2.75) is 19.4 Å². The summed E-state index contributed by atoms with van der Waals surface area (Å²) in [5.74, 6) is 0.716. The van der Waals surface area contributed by atoms with E-state index in [0.717, 1.165) is 30.2 Å². The molecule has 0 bridgehead atoms. The number of hydrogen-bond acceptors (Lipinski definition) is 7. The minimum atomic E-state index is -0.173. The smallest absolute Gasteiger partial charge is 0.317 e. The summed E-state index contributed by atoms with van der Waals surface area (Å²) in [4.78, 5) is 30.5. The van der Waals surface area contributed by atoms with Gasteiger partial charge in [0.05, 0.1) is 17.9 Å². The molecule has 4 rings (SSSR count). The number of nitrogens with zero attached hydrogens (tertiary/aromatic N) is 7. The SMILES string of the molecule is CC(NC(=O)N1CCCN(c2ncccn2)CC1)c1cn2ncsc2n1. The van der Waals surface area contributed by atoms with Gasteiger partial charge in [-0.1, -0.05) is 11.3 Å². The highest BCUT2D eigenvalue weighted by Crippen LogP contribution is 2.16. The molecule has 0 spiro atoms. The van der Waals surface area contributed by atoms with Crippen LogP contribution >= 0.6 is 11.3 Å². The van der Waals surface area contributed by atoms with Gasteiger partial charge in [-0.2, -0.15) is 5.10 Å². The highest BCUT2D eigenvalue weighted by atomic mass is 32.1. The van der Waals surface area contributed by atoms with E-state index >= 15 is 0 Å². The number of imidazole rings is 1. The Morgan fingerprint density at radius 1 is 1.23 bits per heavy atom. The maximum atomic E-state index is 12.6. The normalized spacial score (nSPS) is 16.5. The van der Waals surface area contributed by atoms with Crippen LogP contribution in [0.25, 0.3) is 4.96 Å². The van der Waals surface area contributed by atoms with Crippen molar-refractivity contribution in [3.8, 4) is 0 Å². The Balaban J connectivity index is 1.36. The Bertz CT molecular complexity index is 850. The van der Waals surface area contributed by atoms with Crippen molar-refractivity contribution in [2.24, 2.45) is 0 Å². The highest BCUT2D eigenvalue weighted by molar-refractivity contribution is 7.14. The second-order valence-corrected chi connectivity index (χ2v) is 6.99. The molecule has 4 heterocycles. The van der Waals surface area contributed by atoms with Crippen molar-refractivity contribution in [2.75, 3.05) is 31.1 Å². The minimum Gasteiger partial charge on any atom is -0.339 e. The van der Waals surface area contributed by atoms with Gasteiger partial charge in [0, 0.05) is 38.6 Å². The van der Waals surface area contributed by atoms with Gasteiger partial charge in [0.1, 0.15) is 5.51 Å². The Kier molecular flexibility index (Phi) is 4.65. The van der Waals surface area contributed by atoms with Gasteiger partial charge in [0.15, 0.2) is 0 Å². The van der Waals surface area contributed by atoms with Crippen molar-refractivity contribution in [3.63, 3.8) is 0 Å². The van der Waals surface area contributed by atoms with Crippen molar-refractivity contribution in [1.29, 1.82) is 0 Å².